The molecule has 5 heteroatoms. The Bertz CT molecular complexity index is 740. The van der Waals surface area contributed by atoms with Crippen molar-refractivity contribution in [3.8, 4) is 0 Å². The van der Waals surface area contributed by atoms with Crippen LogP contribution in [0.3, 0.4) is 0 Å². The molecule has 0 amide bonds. The van der Waals surface area contributed by atoms with Gasteiger partial charge in [-0.2, -0.15) is 10.2 Å². The van der Waals surface area contributed by atoms with E-state index >= 15 is 0 Å². The lowest BCUT2D eigenvalue weighted by molar-refractivity contribution is 0.925. The van der Waals surface area contributed by atoms with Crippen LogP contribution in [0.1, 0.15) is 11.4 Å². The highest BCUT2D eigenvalue weighted by Gasteiger charge is 2.05. The second-order valence-corrected chi connectivity index (χ2v) is 4.66. The summed E-state index contributed by atoms with van der Waals surface area (Å²) in [5.41, 5.74) is 10.4. The van der Waals surface area contributed by atoms with Crippen LogP contribution in [0.2, 0.25) is 0 Å². The van der Waals surface area contributed by atoms with Crippen molar-refractivity contribution in [3.63, 3.8) is 0 Å². The first-order valence-electron chi connectivity index (χ1n) is 6.40. The average Bonchev–Trinajstić information content (AvgIpc) is 2.46. The van der Waals surface area contributed by atoms with Crippen molar-refractivity contribution in [1.29, 1.82) is 0 Å². The van der Waals surface area contributed by atoms with Crippen molar-refractivity contribution in [1.82, 2.24) is 15.2 Å². The van der Waals surface area contributed by atoms with Gasteiger partial charge in [0.25, 0.3) is 0 Å². The van der Waals surface area contributed by atoms with E-state index in [1.54, 1.807) is 6.20 Å². The van der Waals surface area contributed by atoms with E-state index < -0.39 is 0 Å². The molecule has 0 aliphatic rings. The highest BCUT2D eigenvalue weighted by molar-refractivity contribution is 5.93. The van der Waals surface area contributed by atoms with Crippen molar-refractivity contribution in [2.24, 2.45) is 0 Å². The molecule has 20 heavy (non-hydrogen) atoms. The van der Waals surface area contributed by atoms with Gasteiger partial charge in [-0.3, -0.25) is 4.98 Å². The molecule has 2 heterocycles. The van der Waals surface area contributed by atoms with Gasteiger partial charge in [-0.25, -0.2) is 0 Å². The van der Waals surface area contributed by atoms with E-state index in [2.05, 4.69) is 20.5 Å². The van der Waals surface area contributed by atoms with Crippen LogP contribution >= 0.6 is 0 Å². The van der Waals surface area contributed by atoms with Crippen LogP contribution in [0.5, 0.6) is 0 Å². The number of anilines is 2. The Labute approximate surface area is 116 Å². The van der Waals surface area contributed by atoms with E-state index in [1.165, 1.54) is 0 Å². The molecule has 0 aliphatic heterocycles. The van der Waals surface area contributed by atoms with E-state index in [0.29, 0.717) is 6.54 Å². The van der Waals surface area contributed by atoms with Gasteiger partial charge >= 0.3 is 0 Å². The van der Waals surface area contributed by atoms with Crippen molar-refractivity contribution >= 4 is 22.3 Å². The smallest absolute Gasteiger partial charge is 0.0821 e. The summed E-state index contributed by atoms with van der Waals surface area (Å²) in [6.45, 7) is 2.59. The number of rotatable bonds is 3. The van der Waals surface area contributed by atoms with Crippen LogP contribution in [0.25, 0.3) is 10.9 Å². The summed E-state index contributed by atoms with van der Waals surface area (Å²) in [4.78, 5) is 4.51. The summed E-state index contributed by atoms with van der Waals surface area (Å²) in [6.07, 6.45) is 1.66. The summed E-state index contributed by atoms with van der Waals surface area (Å²) in [6, 6.07) is 11.5. The zero-order valence-electron chi connectivity index (χ0n) is 11.2. The largest absolute Gasteiger partial charge is 0.399 e. The fraction of sp³-hybridized carbons (Fsp3) is 0.133. The van der Waals surface area contributed by atoms with E-state index in [0.717, 1.165) is 33.7 Å². The molecular weight excluding hydrogens is 250 g/mol. The van der Waals surface area contributed by atoms with Gasteiger partial charge < -0.3 is 11.1 Å². The summed E-state index contributed by atoms with van der Waals surface area (Å²) in [5, 5.41) is 12.3. The normalized spacial score (nSPS) is 10.7. The van der Waals surface area contributed by atoms with Gasteiger partial charge in [0.1, 0.15) is 0 Å². The number of aromatic nitrogens is 3. The fourth-order valence-corrected chi connectivity index (χ4v) is 2.14. The molecular formula is C15H15N5. The topological polar surface area (TPSA) is 76.7 Å². The van der Waals surface area contributed by atoms with Gasteiger partial charge in [0.05, 0.1) is 17.8 Å². The standard InChI is InChI=1S/C15H15N5/c1-10-7-15(17-9-12-3-2-6-18-20-12)13-8-11(16)4-5-14(13)19-10/h2-8H,9,16H2,1H3,(H,17,19). The molecule has 2 aromatic heterocycles. The molecule has 0 fully saturated rings. The lowest BCUT2D eigenvalue weighted by Gasteiger charge is -2.10. The van der Waals surface area contributed by atoms with E-state index in [4.69, 9.17) is 5.73 Å². The van der Waals surface area contributed by atoms with E-state index in [1.807, 2.05) is 43.3 Å². The van der Waals surface area contributed by atoms with Crippen LogP contribution < -0.4 is 11.1 Å². The van der Waals surface area contributed by atoms with Crippen LogP contribution in [0.15, 0.2) is 42.6 Å². The number of pyridine rings is 1. The quantitative estimate of drug-likeness (QED) is 0.712. The number of nitrogens with zero attached hydrogens (tertiary/aromatic N) is 3. The zero-order valence-corrected chi connectivity index (χ0v) is 11.2. The maximum absolute atomic E-state index is 5.86. The summed E-state index contributed by atoms with van der Waals surface area (Å²) < 4.78 is 0. The van der Waals surface area contributed by atoms with Gasteiger partial charge in [0.15, 0.2) is 0 Å². The molecule has 0 bridgehead atoms. The first-order chi connectivity index (χ1) is 9.72. The van der Waals surface area contributed by atoms with Gasteiger partial charge in [-0.15, -0.1) is 0 Å². The number of nitrogen functional groups attached to an aromatic ring is 1. The second-order valence-electron chi connectivity index (χ2n) is 4.66. The molecule has 100 valence electrons. The van der Waals surface area contributed by atoms with Crippen LogP contribution in [0.4, 0.5) is 11.4 Å². The fourth-order valence-electron chi connectivity index (χ4n) is 2.14. The summed E-state index contributed by atoms with van der Waals surface area (Å²) in [5.74, 6) is 0. The molecule has 0 saturated carbocycles. The van der Waals surface area contributed by atoms with Crippen molar-refractivity contribution in [3.05, 3.63) is 54.0 Å². The SMILES string of the molecule is Cc1cc(NCc2cccnn2)c2cc(N)ccc2n1. The molecule has 3 aromatic rings. The van der Waals surface area contributed by atoms with Crippen molar-refractivity contribution in [2.45, 2.75) is 13.5 Å². The molecule has 5 nitrogen and oxygen atoms in total. The molecule has 0 atom stereocenters. The maximum atomic E-state index is 5.86. The minimum atomic E-state index is 0.612. The first-order valence-corrected chi connectivity index (χ1v) is 6.40. The van der Waals surface area contributed by atoms with Gasteiger partial charge in [-0.1, -0.05) is 0 Å². The zero-order chi connectivity index (χ0) is 13.9. The van der Waals surface area contributed by atoms with Gasteiger partial charge in [-0.05, 0) is 43.3 Å². The Morgan fingerprint density at radius 3 is 2.90 bits per heavy atom. The highest BCUT2D eigenvalue weighted by atomic mass is 15.1. The Morgan fingerprint density at radius 1 is 1.20 bits per heavy atom. The molecule has 0 aliphatic carbocycles. The molecule has 3 rings (SSSR count). The number of nitrogens with one attached hydrogen (secondary N) is 1. The summed E-state index contributed by atoms with van der Waals surface area (Å²) in [7, 11) is 0. The van der Waals surface area contributed by atoms with Crippen molar-refractivity contribution < 1.29 is 0 Å². The predicted octanol–water partition coefficient (Wildman–Crippen LogP) is 2.53. The number of aryl methyl sites for hydroxylation is 1. The molecule has 0 radical (unpaired) electrons. The monoisotopic (exact) mass is 265 g/mol. The Kier molecular flexibility index (Phi) is 3.16. The van der Waals surface area contributed by atoms with Gasteiger partial charge in [0.2, 0.25) is 0 Å². The predicted molar refractivity (Wildman–Crippen MR) is 80.3 cm³/mol. The molecule has 0 saturated heterocycles. The lowest BCUT2D eigenvalue weighted by atomic mass is 10.1. The third kappa shape index (κ3) is 2.51. The number of fused-ring (bicyclic) bond motifs is 1. The van der Waals surface area contributed by atoms with Crippen LogP contribution in [-0.2, 0) is 6.54 Å². The van der Waals surface area contributed by atoms with Crippen LogP contribution in [0, 0.1) is 6.92 Å². The third-order valence-electron chi connectivity index (χ3n) is 3.05. The Balaban J connectivity index is 1.96. The lowest BCUT2D eigenvalue weighted by Crippen LogP contribution is -2.03. The Hall–Kier alpha value is -2.69. The molecule has 3 N–H and O–H groups in total. The maximum Gasteiger partial charge on any atom is 0.0821 e. The number of hydrogen-bond acceptors (Lipinski definition) is 5. The van der Waals surface area contributed by atoms with Gasteiger partial charge in [0, 0.05) is 28.7 Å². The summed E-state index contributed by atoms with van der Waals surface area (Å²) >= 11 is 0. The minimum absolute atomic E-state index is 0.612. The third-order valence-corrected chi connectivity index (χ3v) is 3.05. The minimum Gasteiger partial charge on any atom is -0.399 e. The molecule has 1 aromatic carbocycles. The van der Waals surface area contributed by atoms with Crippen molar-refractivity contribution in [2.75, 3.05) is 11.1 Å². The molecule has 0 spiro atoms. The van der Waals surface area contributed by atoms with E-state index in [9.17, 15) is 0 Å². The van der Waals surface area contributed by atoms with E-state index in [-0.39, 0.29) is 0 Å². The number of hydrogen-bond donors (Lipinski definition) is 2. The number of nitrogens with two attached hydrogens (primary N) is 1. The molecule has 0 unspecified atom stereocenters. The Morgan fingerprint density at radius 2 is 2.10 bits per heavy atom. The second kappa shape index (κ2) is 5.13. The first kappa shape index (κ1) is 12.3. The van der Waals surface area contributed by atoms with Crippen LogP contribution in [-0.4, -0.2) is 15.2 Å². The average molecular weight is 265 g/mol. The number of benzene rings is 1. The highest BCUT2D eigenvalue weighted by Crippen LogP contribution is 2.25.